The number of aliphatic hydroxyl groups excluding tert-OH is 1. The average Bonchev–Trinajstić information content (AvgIpc) is 2.45. The summed E-state index contributed by atoms with van der Waals surface area (Å²) in [5, 5.41) is 12.6. The largest absolute Gasteiger partial charge is 0.416 e. The van der Waals surface area contributed by atoms with E-state index in [0.717, 1.165) is 37.8 Å². The molecule has 6 heteroatoms. The van der Waals surface area contributed by atoms with E-state index < -0.39 is 11.7 Å². The van der Waals surface area contributed by atoms with Crippen molar-refractivity contribution in [3.8, 4) is 0 Å². The van der Waals surface area contributed by atoms with E-state index in [2.05, 4.69) is 21.2 Å². The van der Waals surface area contributed by atoms with Gasteiger partial charge in [-0.05, 0) is 58.8 Å². The molecule has 0 aliphatic heterocycles. The van der Waals surface area contributed by atoms with E-state index >= 15 is 0 Å². The van der Waals surface area contributed by atoms with Gasteiger partial charge in [0.1, 0.15) is 0 Å². The number of rotatable bonds is 4. The van der Waals surface area contributed by atoms with E-state index in [-0.39, 0.29) is 6.61 Å². The SMILES string of the molecule is OCC1CCCCC1CNc1ccc(C(F)(F)F)cc1Br. The van der Waals surface area contributed by atoms with Gasteiger partial charge in [0.15, 0.2) is 0 Å². The number of nitrogens with one attached hydrogen (secondary N) is 1. The van der Waals surface area contributed by atoms with E-state index in [1.165, 1.54) is 6.07 Å². The summed E-state index contributed by atoms with van der Waals surface area (Å²) in [7, 11) is 0. The van der Waals surface area contributed by atoms with Crippen molar-refractivity contribution in [1.82, 2.24) is 0 Å². The Balaban J connectivity index is 2.00. The van der Waals surface area contributed by atoms with Crippen LogP contribution in [-0.2, 0) is 6.18 Å². The van der Waals surface area contributed by atoms with Gasteiger partial charge in [-0.2, -0.15) is 13.2 Å². The molecule has 2 unspecified atom stereocenters. The monoisotopic (exact) mass is 365 g/mol. The predicted molar refractivity (Wildman–Crippen MR) is 80.2 cm³/mol. The van der Waals surface area contributed by atoms with Gasteiger partial charge in [-0.1, -0.05) is 12.8 Å². The van der Waals surface area contributed by atoms with Crippen molar-refractivity contribution in [2.24, 2.45) is 11.8 Å². The minimum Gasteiger partial charge on any atom is -0.396 e. The first-order valence-corrected chi connectivity index (χ1v) is 7.92. The van der Waals surface area contributed by atoms with Crippen LogP contribution in [0.2, 0.25) is 0 Å². The lowest BCUT2D eigenvalue weighted by Gasteiger charge is -2.30. The molecule has 1 aliphatic rings. The fraction of sp³-hybridized carbons (Fsp3) is 0.600. The molecule has 21 heavy (non-hydrogen) atoms. The molecular weight excluding hydrogens is 347 g/mol. The molecule has 2 atom stereocenters. The van der Waals surface area contributed by atoms with Crippen molar-refractivity contribution in [2.75, 3.05) is 18.5 Å². The number of hydrogen-bond acceptors (Lipinski definition) is 2. The minimum absolute atomic E-state index is 0.181. The second kappa shape index (κ2) is 7.01. The van der Waals surface area contributed by atoms with E-state index in [4.69, 9.17) is 0 Å². The average molecular weight is 366 g/mol. The van der Waals surface area contributed by atoms with Crippen LogP contribution in [0.4, 0.5) is 18.9 Å². The first-order chi connectivity index (χ1) is 9.91. The fourth-order valence-corrected chi connectivity index (χ4v) is 3.39. The smallest absolute Gasteiger partial charge is 0.396 e. The summed E-state index contributed by atoms with van der Waals surface area (Å²) in [4.78, 5) is 0. The van der Waals surface area contributed by atoms with Crippen molar-refractivity contribution in [1.29, 1.82) is 0 Å². The zero-order valence-corrected chi connectivity index (χ0v) is 13.2. The van der Waals surface area contributed by atoms with E-state index in [9.17, 15) is 18.3 Å². The number of aliphatic hydroxyl groups is 1. The topological polar surface area (TPSA) is 32.3 Å². The van der Waals surface area contributed by atoms with Crippen molar-refractivity contribution in [3.63, 3.8) is 0 Å². The summed E-state index contributed by atoms with van der Waals surface area (Å²) >= 11 is 3.18. The summed E-state index contributed by atoms with van der Waals surface area (Å²) in [5.41, 5.74) is -0.00362. The molecule has 0 aromatic heterocycles. The van der Waals surface area contributed by atoms with Crippen LogP contribution in [0.25, 0.3) is 0 Å². The number of hydrogen-bond donors (Lipinski definition) is 2. The molecule has 0 heterocycles. The second-order valence-corrected chi connectivity index (χ2v) is 6.41. The predicted octanol–water partition coefficient (Wildman–Crippen LogP) is 4.68. The van der Waals surface area contributed by atoms with Crippen LogP contribution in [0, 0.1) is 11.8 Å². The van der Waals surface area contributed by atoms with Gasteiger partial charge in [0.05, 0.1) is 5.56 Å². The highest BCUT2D eigenvalue weighted by molar-refractivity contribution is 9.10. The first-order valence-electron chi connectivity index (χ1n) is 7.13. The summed E-state index contributed by atoms with van der Waals surface area (Å²) < 4.78 is 38.2. The minimum atomic E-state index is -4.33. The van der Waals surface area contributed by atoms with Gasteiger partial charge < -0.3 is 10.4 Å². The molecule has 0 bridgehead atoms. The maximum absolute atomic E-state index is 12.6. The molecular formula is C15H19BrF3NO. The Morgan fingerprint density at radius 2 is 1.86 bits per heavy atom. The number of halogens is 4. The Kier molecular flexibility index (Phi) is 5.54. The molecule has 0 saturated heterocycles. The lowest BCUT2D eigenvalue weighted by molar-refractivity contribution is -0.137. The van der Waals surface area contributed by atoms with Gasteiger partial charge in [-0.25, -0.2) is 0 Å². The Morgan fingerprint density at radius 3 is 2.43 bits per heavy atom. The van der Waals surface area contributed by atoms with Gasteiger partial charge in [0.2, 0.25) is 0 Å². The van der Waals surface area contributed by atoms with Crippen molar-refractivity contribution in [2.45, 2.75) is 31.9 Å². The standard InChI is InChI=1S/C15H19BrF3NO/c16-13-7-12(15(17,18)19)5-6-14(13)20-8-10-3-1-2-4-11(10)9-21/h5-7,10-11,20-21H,1-4,8-9H2. The zero-order valence-electron chi connectivity index (χ0n) is 11.6. The highest BCUT2D eigenvalue weighted by Crippen LogP contribution is 2.35. The van der Waals surface area contributed by atoms with Gasteiger partial charge in [0.25, 0.3) is 0 Å². The first kappa shape index (κ1) is 16.6. The number of alkyl halides is 3. The summed E-state index contributed by atoms with van der Waals surface area (Å²) in [6.07, 6.45) is 0.0443. The summed E-state index contributed by atoms with van der Waals surface area (Å²) in [6, 6.07) is 3.62. The molecule has 1 saturated carbocycles. The second-order valence-electron chi connectivity index (χ2n) is 5.56. The van der Waals surface area contributed by atoms with E-state index in [0.29, 0.717) is 28.5 Å². The molecule has 2 rings (SSSR count). The third kappa shape index (κ3) is 4.36. The lowest BCUT2D eigenvalue weighted by atomic mass is 9.79. The maximum Gasteiger partial charge on any atom is 0.416 e. The Labute approximate surface area is 130 Å². The van der Waals surface area contributed by atoms with Crippen LogP contribution < -0.4 is 5.32 Å². The molecule has 2 N–H and O–H groups in total. The maximum atomic E-state index is 12.6. The quantitative estimate of drug-likeness (QED) is 0.811. The van der Waals surface area contributed by atoms with Gasteiger partial charge in [-0.3, -0.25) is 0 Å². The number of benzene rings is 1. The normalized spacial score (nSPS) is 23.1. The lowest BCUT2D eigenvalue weighted by Crippen LogP contribution is -2.28. The Hall–Kier alpha value is -0.750. The van der Waals surface area contributed by atoms with E-state index in [1.807, 2.05) is 0 Å². The Morgan fingerprint density at radius 1 is 1.19 bits per heavy atom. The third-order valence-corrected chi connectivity index (χ3v) is 4.81. The molecule has 1 aromatic carbocycles. The summed E-state index contributed by atoms with van der Waals surface area (Å²) in [6.45, 7) is 0.857. The van der Waals surface area contributed by atoms with Crippen LogP contribution in [0.1, 0.15) is 31.2 Å². The van der Waals surface area contributed by atoms with E-state index in [1.54, 1.807) is 0 Å². The van der Waals surface area contributed by atoms with Crippen molar-refractivity contribution >= 4 is 21.6 Å². The van der Waals surface area contributed by atoms with Crippen LogP contribution in [0.3, 0.4) is 0 Å². The van der Waals surface area contributed by atoms with Gasteiger partial charge in [0, 0.05) is 23.3 Å². The molecule has 1 aliphatic carbocycles. The highest BCUT2D eigenvalue weighted by Gasteiger charge is 2.31. The molecule has 1 aromatic rings. The van der Waals surface area contributed by atoms with Crippen LogP contribution in [-0.4, -0.2) is 18.3 Å². The van der Waals surface area contributed by atoms with Crippen LogP contribution >= 0.6 is 15.9 Å². The zero-order chi connectivity index (χ0) is 15.5. The van der Waals surface area contributed by atoms with Crippen molar-refractivity contribution in [3.05, 3.63) is 28.2 Å². The molecule has 0 amide bonds. The van der Waals surface area contributed by atoms with Crippen LogP contribution in [0.15, 0.2) is 22.7 Å². The van der Waals surface area contributed by atoms with Crippen LogP contribution in [0.5, 0.6) is 0 Å². The van der Waals surface area contributed by atoms with Gasteiger partial charge in [-0.15, -0.1) is 0 Å². The van der Waals surface area contributed by atoms with Crippen molar-refractivity contribution < 1.29 is 18.3 Å². The highest BCUT2D eigenvalue weighted by atomic mass is 79.9. The fourth-order valence-electron chi connectivity index (χ4n) is 2.87. The molecule has 2 nitrogen and oxygen atoms in total. The Bertz CT molecular complexity index is 478. The molecule has 0 spiro atoms. The van der Waals surface area contributed by atoms with Gasteiger partial charge >= 0.3 is 6.18 Å². The molecule has 1 fully saturated rings. The third-order valence-electron chi connectivity index (χ3n) is 4.15. The number of anilines is 1. The molecule has 118 valence electrons. The summed E-state index contributed by atoms with van der Waals surface area (Å²) in [5.74, 6) is 0.664. The molecule has 0 radical (unpaired) electrons.